The number of imide groups is 1. The number of aromatic hydroxyl groups is 1. The number of fused-ring (bicyclic) bond motifs is 1. The lowest BCUT2D eigenvalue weighted by molar-refractivity contribution is -0.0436. The number of phenolic OH excluding ortho intramolecular Hbond substituents is 1. The number of amides is 2. The van der Waals surface area contributed by atoms with Crippen LogP contribution in [0.2, 0.25) is 0 Å². The van der Waals surface area contributed by atoms with E-state index in [-0.39, 0.29) is 14.7 Å². The van der Waals surface area contributed by atoms with Crippen LogP contribution in [0.1, 0.15) is 20.7 Å². The van der Waals surface area contributed by atoms with Crippen LogP contribution < -0.4 is 4.90 Å². The molecular formula is C15H7F3INO5S. The van der Waals surface area contributed by atoms with Gasteiger partial charge in [-0.1, -0.05) is 12.1 Å². The molecule has 0 aliphatic carbocycles. The van der Waals surface area contributed by atoms with Crippen molar-refractivity contribution in [3.63, 3.8) is 0 Å². The van der Waals surface area contributed by atoms with E-state index in [2.05, 4.69) is 0 Å². The Labute approximate surface area is 158 Å². The summed E-state index contributed by atoms with van der Waals surface area (Å²) in [5.74, 6) is -2.43. The molecule has 0 spiro atoms. The van der Waals surface area contributed by atoms with E-state index in [0.717, 1.165) is 0 Å². The predicted molar refractivity (Wildman–Crippen MR) is 91.6 cm³/mol. The van der Waals surface area contributed by atoms with Gasteiger partial charge in [-0.25, -0.2) is 13.3 Å². The molecule has 1 aliphatic heterocycles. The molecule has 0 saturated heterocycles. The SMILES string of the molecule is O=C1c2ccccc2C(=O)N1c1cc(S(=O)(=O)C(F)(F)F)cc(I)c1O. The van der Waals surface area contributed by atoms with Crippen LogP contribution >= 0.6 is 22.6 Å². The second-order valence-corrected chi connectivity index (χ2v) is 8.32. The van der Waals surface area contributed by atoms with E-state index >= 15 is 0 Å². The van der Waals surface area contributed by atoms with Crippen molar-refractivity contribution in [2.24, 2.45) is 0 Å². The Balaban J connectivity index is 2.22. The molecule has 3 rings (SSSR count). The Bertz CT molecular complexity index is 1030. The van der Waals surface area contributed by atoms with E-state index in [1.54, 1.807) is 0 Å². The van der Waals surface area contributed by atoms with Gasteiger partial charge >= 0.3 is 5.51 Å². The minimum absolute atomic E-state index is 0.00371. The maximum Gasteiger partial charge on any atom is 0.501 e. The molecule has 0 aromatic heterocycles. The smallest absolute Gasteiger partial charge is 0.501 e. The van der Waals surface area contributed by atoms with E-state index in [1.807, 2.05) is 0 Å². The molecule has 2 aromatic carbocycles. The number of alkyl halides is 3. The number of nitrogens with zero attached hydrogens (tertiary/aromatic N) is 1. The second kappa shape index (κ2) is 5.94. The highest BCUT2D eigenvalue weighted by atomic mass is 127. The number of benzene rings is 2. The second-order valence-electron chi connectivity index (χ2n) is 5.21. The van der Waals surface area contributed by atoms with E-state index in [9.17, 15) is 36.3 Å². The lowest BCUT2D eigenvalue weighted by Gasteiger charge is -2.18. The van der Waals surface area contributed by atoms with Crippen molar-refractivity contribution < 1.29 is 36.3 Å². The largest absolute Gasteiger partial charge is 0.505 e. The van der Waals surface area contributed by atoms with E-state index in [4.69, 9.17) is 0 Å². The normalized spacial score (nSPS) is 14.7. The van der Waals surface area contributed by atoms with E-state index in [1.165, 1.54) is 46.9 Å². The lowest BCUT2D eigenvalue weighted by Crippen LogP contribution is -2.30. The van der Waals surface area contributed by atoms with Crippen LogP contribution in [0.4, 0.5) is 18.9 Å². The zero-order chi connectivity index (χ0) is 19.4. The summed E-state index contributed by atoms with van der Waals surface area (Å²) >= 11 is 1.41. The van der Waals surface area contributed by atoms with Gasteiger partial charge in [0.25, 0.3) is 21.7 Å². The molecule has 26 heavy (non-hydrogen) atoms. The standard InChI is InChI=1S/C15H7F3INO5S/c16-15(17,18)26(24,25)7-5-10(19)12(21)11(6-7)20-13(22)8-3-1-2-4-9(8)14(20)23/h1-6,21H. The van der Waals surface area contributed by atoms with Crippen molar-refractivity contribution in [3.05, 3.63) is 51.1 Å². The molecule has 0 bridgehead atoms. The Kier molecular flexibility index (Phi) is 4.26. The van der Waals surface area contributed by atoms with Crippen LogP contribution in [0.3, 0.4) is 0 Å². The van der Waals surface area contributed by atoms with E-state index < -0.39 is 43.5 Å². The first-order chi connectivity index (χ1) is 12.0. The summed E-state index contributed by atoms with van der Waals surface area (Å²) in [4.78, 5) is 24.2. The number of carbonyl (C=O) groups is 2. The summed E-state index contributed by atoms with van der Waals surface area (Å²) in [7, 11) is -5.74. The van der Waals surface area contributed by atoms with Gasteiger partial charge in [-0.15, -0.1) is 0 Å². The zero-order valence-corrected chi connectivity index (χ0v) is 15.4. The Morgan fingerprint density at radius 1 is 1.00 bits per heavy atom. The third-order valence-electron chi connectivity index (χ3n) is 3.67. The van der Waals surface area contributed by atoms with Crippen LogP contribution in [-0.4, -0.2) is 30.8 Å². The van der Waals surface area contributed by atoms with Gasteiger partial charge in [0, 0.05) is 0 Å². The minimum atomic E-state index is -5.74. The minimum Gasteiger partial charge on any atom is -0.505 e. The number of rotatable bonds is 2. The number of hydrogen-bond donors (Lipinski definition) is 1. The highest BCUT2D eigenvalue weighted by Crippen LogP contribution is 2.41. The molecule has 11 heteroatoms. The number of anilines is 1. The number of sulfone groups is 1. The number of phenols is 1. The first kappa shape index (κ1) is 18.6. The maximum atomic E-state index is 12.8. The van der Waals surface area contributed by atoms with Crippen molar-refractivity contribution in [3.8, 4) is 5.75 Å². The Hall–Kier alpha value is -2.15. The van der Waals surface area contributed by atoms with Gasteiger partial charge < -0.3 is 5.11 Å². The fourth-order valence-electron chi connectivity index (χ4n) is 2.43. The molecular weight excluding hydrogens is 490 g/mol. The topological polar surface area (TPSA) is 91.8 Å². The third-order valence-corrected chi connectivity index (χ3v) is 5.95. The molecule has 1 aliphatic rings. The summed E-state index contributed by atoms with van der Waals surface area (Å²) in [5, 5.41) is 10.1. The average Bonchev–Trinajstić information content (AvgIpc) is 2.81. The fraction of sp³-hybridized carbons (Fsp3) is 0.0667. The van der Waals surface area contributed by atoms with Crippen molar-refractivity contribution in [1.82, 2.24) is 0 Å². The molecule has 136 valence electrons. The molecule has 0 saturated carbocycles. The first-order valence-electron chi connectivity index (χ1n) is 6.78. The van der Waals surface area contributed by atoms with E-state index in [0.29, 0.717) is 17.0 Å². The first-order valence-corrected chi connectivity index (χ1v) is 9.34. The molecule has 0 radical (unpaired) electrons. The van der Waals surface area contributed by atoms with Gasteiger partial charge in [0.1, 0.15) is 0 Å². The Morgan fingerprint density at radius 2 is 1.50 bits per heavy atom. The molecule has 6 nitrogen and oxygen atoms in total. The van der Waals surface area contributed by atoms with Crippen molar-refractivity contribution in [2.45, 2.75) is 10.4 Å². The molecule has 0 unspecified atom stereocenters. The maximum absolute atomic E-state index is 12.8. The lowest BCUT2D eigenvalue weighted by atomic mass is 10.1. The molecule has 2 aromatic rings. The van der Waals surface area contributed by atoms with Crippen LogP contribution in [0.25, 0.3) is 0 Å². The summed E-state index contributed by atoms with van der Waals surface area (Å²) in [6.07, 6.45) is 0. The number of halogens is 4. The van der Waals surface area contributed by atoms with Gasteiger partial charge in [-0.05, 0) is 46.9 Å². The van der Waals surface area contributed by atoms with Gasteiger partial charge in [0.15, 0.2) is 5.75 Å². The van der Waals surface area contributed by atoms with Crippen molar-refractivity contribution >= 4 is 49.9 Å². The summed E-state index contributed by atoms with van der Waals surface area (Å²) in [6, 6.07) is 6.73. The fourth-order valence-corrected chi connectivity index (χ4v) is 4.06. The Morgan fingerprint density at radius 3 is 1.96 bits per heavy atom. The summed E-state index contributed by atoms with van der Waals surface area (Å²) in [5.41, 5.74) is -6.22. The van der Waals surface area contributed by atoms with Gasteiger partial charge in [0.2, 0.25) is 0 Å². The summed E-state index contributed by atoms with van der Waals surface area (Å²) < 4.78 is 61.6. The molecule has 0 atom stereocenters. The van der Waals surface area contributed by atoms with Gasteiger partial charge in [-0.3, -0.25) is 9.59 Å². The molecule has 1 heterocycles. The number of carbonyl (C=O) groups excluding carboxylic acids is 2. The van der Waals surface area contributed by atoms with Crippen LogP contribution in [-0.2, 0) is 9.84 Å². The van der Waals surface area contributed by atoms with Crippen LogP contribution in [0, 0.1) is 3.57 Å². The quantitative estimate of drug-likeness (QED) is 0.509. The monoisotopic (exact) mass is 497 g/mol. The highest BCUT2D eigenvalue weighted by Gasteiger charge is 2.48. The van der Waals surface area contributed by atoms with Crippen molar-refractivity contribution in [2.75, 3.05) is 4.90 Å². The predicted octanol–water partition coefficient (Wildman–Crippen LogP) is 3.09. The molecule has 2 amide bonds. The van der Waals surface area contributed by atoms with Crippen LogP contribution in [0.15, 0.2) is 41.3 Å². The molecule has 0 fully saturated rings. The van der Waals surface area contributed by atoms with Gasteiger partial charge in [-0.2, -0.15) is 13.2 Å². The third kappa shape index (κ3) is 2.65. The zero-order valence-electron chi connectivity index (χ0n) is 12.4. The highest BCUT2D eigenvalue weighted by molar-refractivity contribution is 14.1. The number of hydrogen-bond acceptors (Lipinski definition) is 5. The van der Waals surface area contributed by atoms with Crippen molar-refractivity contribution in [1.29, 1.82) is 0 Å². The average molecular weight is 497 g/mol. The molecule has 1 N–H and O–H groups in total. The van der Waals surface area contributed by atoms with Crippen LogP contribution in [0.5, 0.6) is 5.75 Å². The summed E-state index contributed by atoms with van der Waals surface area (Å²) in [6.45, 7) is 0. The van der Waals surface area contributed by atoms with Gasteiger partial charge in [0.05, 0.1) is 25.3 Å².